The van der Waals surface area contributed by atoms with Crippen molar-refractivity contribution in [2.24, 2.45) is 0 Å². The highest BCUT2D eigenvalue weighted by Gasteiger charge is 2.21. The number of hydrogen-bond donors (Lipinski definition) is 0. The van der Waals surface area contributed by atoms with Crippen LogP contribution in [0.4, 0.5) is 4.39 Å². The minimum absolute atomic E-state index is 0.162. The average Bonchev–Trinajstić information content (AvgIpc) is 3.22. The number of carbonyl (C=O) groups is 1. The number of halogens is 1. The minimum Gasteiger partial charge on any atom is -0.289 e. The second-order valence-corrected chi connectivity index (χ2v) is 9.19. The summed E-state index contributed by atoms with van der Waals surface area (Å²) in [4.78, 5) is 17.0. The molecule has 0 spiro atoms. The fraction of sp³-hybridized carbons (Fsp3) is 0.182. The molecule has 1 aromatic heterocycles. The summed E-state index contributed by atoms with van der Waals surface area (Å²) in [5.74, 6) is -0.560. The molecule has 0 bridgehead atoms. The highest BCUT2D eigenvalue weighted by atomic mass is 32.2. The van der Waals surface area contributed by atoms with Crippen LogP contribution in [0.2, 0.25) is 0 Å². The number of aromatic nitrogens is 1. The second-order valence-electron chi connectivity index (χ2n) is 6.40. The van der Waals surface area contributed by atoms with Gasteiger partial charge < -0.3 is 0 Å². The number of thiazole rings is 1. The van der Waals surface area contributed by atoms with Gasteiger partial charge in [-0.1, -0.05) is 13.8 Å². The van der Waals surface area contributed by atoms with Gasteiger partial charge in [0, 0.05) is 29.6 Å². The molecule has 0 fully saturated rings. The lowest BCUT2D eigenvalue weighted by molar-refractivity contribution is 0.104. The molecule has 0 aliphatic carbocycles. The molecule has 1 heterocycles. The molecule has 0 unspecified atom stereocenters. The molecule has 0 N–H and O–H groups in total. The lowest BCUT2D eigenvalue weighted by Gasteiger charge is -2.18. The van der Waals surface area contributed by atoms with Crippen molar-refractivity contribution in [1.82, 2.24) is 9.29 Å². The van der Waals surface area contributed by atoms with Gasteiger partial charge in [0.2, 0.25) is 10.0 Å². The van der Waals surface area contributed by atoms with Gasteiger partial charge in [-0.2, -0.15) is 4.31 Å². The Hall–Kier alpha value is -2.68. The molecule has 0 amide bonds. The van der Waals surface area contributed by atoms with Crippen LogP contribution in [-0.4, -0.2) is 36.6 Å². The van der Waals surface area contributed by atoms with E-state index in [1.165, 1.54) is 58.1 Å². The minimum atomic E-state index is -3.55. The van der Waals surface area contributed by atoms with Crippen LogP contribution in [0.5, 0.6) is 0 Å². The number of allylic oxidation sites excluding steroid dienone is 1. The molecule has 5 nitrogen and oxygen atoms in total. The molecule has 3 aromatic rings. The molecule has 0 atom stereocenters. The van der Waals surface area contributed by atoms with Crippen LogP contribution in [0.3, 0.4) is 0 Å². The lowest BCUT2D eigenvalue weighted by Crippen LogP contribution is -2.30. The predicted octanol–water partition coefficient (Wildman–Crippen LogP) is 4.88. The smallest absolute Gasteiger partial charge is 0.243 e. The largest absolute Gasteiger partial charge is 0.289 e. The Kier molecular flexibility index (Phi) is 6.91. The van der Waals surface area contributed by atoms with Gasteiger partial charge in [-0.25, -0.2) is 17.8 Å². The van der Waals surface area contributed by atoms with Crippen molar-refractivity contribution in [3.8, 4) is 10.6 Å². The number of sulfonamides is 1. The van der Waals surface area contributed by atoms with E-state index in [1.54, 1.807) is 32.1 Å². The van der Waals surface area contributed by atoms with E-state index in [-0.39, 0.29) is 16.5 Å². The van der Waals surface area contributed by atoms with Crippen LogP contribution in [0.15, 0.2) is 64.9 Å². The third-order valence-corrected chi connectivity index (χ3v) is 7.47. The maximum Gasteiger partial charge on any atom is 0.243 e. The lowest BCUT2D eigenvalue weighted by atomic mass is 10.1. The van der Waals surface area contributed by atoms with E-state index in [0.717, 1.165) is 10.6 Å². The zero-order chi connectivity index (χ0) is 21.7. The van der Waals surface area contributed by atoms with Crippen molar-refractivity contribution in [3.63, 3.8) is 0 Å². The van der Waals surface area contributed by atoms with E-state index < -0.39 is 10.0 Å². The number of nitrogens with zero attached hydrogens (tertiary/aromatic N) is 2. The third-order valence-electron chi connectivity index (χ3n) is 4.50. The van der Waals surface area contributed by atoms with Crippen LogP contribution in [0.1, 0.15) is 29.9 Å². The summed E-state index contributed by atoms with van der Waals surface area (Å²) in [5, 5.41) is 2.54. The number of hydrogen-bond acceptors (Lipinski definition) is 5. The Labute approximate surface area is 179 Å². The number of benzene rings is 2. The monoisotopic (exact) mass is 444 g/mol. The molecule has 156 valence electrons. The average molecular weight is 445 g/mol. The number of ketones is 1. The van der Waals surface area contributed by atoms with E-state index >= 15 is 0 Å². The Balaban J connectivity index is 1.72. The summed E-state index contributed by atoms with van der Waals surface area (Å²) in [6, 6.07) is 12.0. The van der Waals surface area contributed by atoms with Gasteiger partial charge in [-0.3, -0.25) is 4.79 Å². The first kappa shape index (κ1) is 22.0. The highest BCUT2D eigenvalue weighted by molar-refractivity contribution is 7.89. The summed E-state index contributed by atoms with van der Waals surface area (Å²) in [6.45, 7) is 4.33. The number of rotatable bonds is 8. The van der Waals surface area contributed by atoms with Gasteiger partial charge in [0.25, 0.3) is 0 Å². The van der Waals surface area contributed by atoms with Crippen LogP contribution in [0, 0.1) is 5.82 Å². The zero-order valence-electron chi connectivity index (χ0n) is 16.6. The predicted molar refractivity (Wildman–Crippen MR) is 117 cm³/mol. The van der Waals surface area contributed by atoms with Gasteiger partial charge in [0.15, 0.2) is 5.78 Å². The molecular weight excluding hydrogens is 423 g/mol. The van der Waals surface area contributed by atoms with Crippen molar-refractivity contribution >= 4 is 33.2 Å². The molecule has 0 aliphatic rings. The summed E-state index contributed by atoms with van der Waals surface area (Å²) in [6.07, 6.45) is 3.00. The quantitative estimate of drug-likeness (QED) is 0.367. The summed E-state index contributed by atoms with van der Waals surface area (Å²) in [7, 11) is -3.55. The molecule has 3 rings (SSSR count). The van der Waals surface area contributed by atoms with Gasteiger partial charge in [0.05, 0.1) is 10.6 Å². The maximum atomic E-state index is 13.0. The Morgan fingerprint density at radius 3 is 2.30 bits per heavy atom. The normalized spacial score (nSPS) is 12.0. The van der Waals surface area contributed by atoms with Crippen molar-refractivity contribution in [2.75, 3.05) is 13.1 Å². The SMILES string of the molecule is CCN(CC)S(=O)(=O)c1ccc(C(=O)/C=C/c2csc(-c3ccc(F)cc3)n2)cc1. The van der Waals surface area contributed by atoms with Gasteiger partial charge in [-0.15, -0.1) is 11.3 Å². The Morgan fingerprint density at radius 2 is 1.70 bits per heavy atom. The molecular formula is C22H21FN2O3S2. The molecule has 0 saturated heterocycles. The van der Waals surface area contributed by atoms with Crippen molar-refractivity contribution in [2.45, 2.75) is 18.7 Å². The fourth-order valence-corrected chi connectivity index (χ4v) is 5.10. The summed E-state index contributed by atoms with van der Waals surface area (Å²) < 4.78 is 39.5. The molecule has 2 aromatic carbocycles. The van der Waals surface area contributed by atoms with Crippen LogP contribution in [-0.2, 0) is 10.0 Å². The zero-order valence-corrected chi connectivity index (χ0v) is 18.2. The highest BCUT2D eigenvalue weighted by Crippen LogP contribution is 2.24. The fourth-order valence-electron chi connectivity index (χ4n) is 2.85. The first-order valence-corrected chi connectivity index (χ1v) is 11.7. The van der Waals surface area contributed by atoms with Crippen molar-refractivity contribution in [3.05, 3.63) is 77.1 Å². The Bertz CT molecular complexity index is 1150. The third kappa shape index (κ3) is 4.89. The van der Waals surface area contributed by atoms with Gasteiger partial charge in [-0.05, 0) is 60.7 Å². The molecule has 30 heavy (non-hydrogen) atoms. The van der Waals surface area contributed by atoms with Crippen molar-refractivity contribution in [1.29, 1.82) is 0 Å². The Morgan fingerprint density at radius 1 is 1.07 bits per heavy atom. The van der Waals surface area contributed by atoms with E-state index in [1.807, 2.05) is 5.38 Å². The first-order chi connectivity index (χ1) is 14.3. The molecule has 0 aliphatic heterocycles. The van der Waals surface area contributed by atoms with Crippen LogP contribution < -0.4 is 0 Å². The van der Waals surface area contributed by atoms with Crippen LogP contribution >= 0.6 is 11.3 Å². The molecule has 0 saturated carbocycles. The topological polar surface area (TPSA) is 67.3 Å². The van der Waals surface area contributed by atoms with E-state index in [9.17, 15) is 17.6 Å². The molecule has 0 radical (unpaired) electrons. The van der Waals surface area contributed by atoms with E-state index in [0.29, 0.717) is 24.3 Å². The molecule has 8 heteroatoms. The van der Waals surface area contributed by atoms with Gasteiger partial charge >= 0.3 is 0 Å². The van der Waals surface area contributed by atoms with Crippen LogP contribution in [0.25, 0.3) is 16.6 Å². The second kappa shape index (κ2) is 9.42. The summed E-state index contributed by atoms with van der Waals surface area (Å²) in [5.41, 5.74) is 1.81. The van der Waals surface area contributed by atoms with Gasteiger partial charge in [0.1, 0.15) is 10.8 Å². The first-order valence-electron chi connectivity index (χ1n) is 9.39. The van der Waals surface area contributed by atoms with Crippen molar-refractivity contribution < 1.29 is 17.6 Å². The number of carbonyl (C=O) groups excluding carboxylic acids is 1. The standard InChI is InChI=1S/C22H21FN2O3S2/c1-3-25(4-2)30(27,28)20-12-7-16(8-13-20)21(26)14-11-19-15-29-22(24-19)17-5-9-18(23)10-6-17/h5-15H,3-4H2,1-2H3/b14-11+. The van der Waals surface area contributed by atoms with E-state index in [2.05, 4.69) is 4.98 Å². The summed E-state index contributed by atoms with van der Waals surface area (Å²) >= 11 is 1.40. The van der Waals surface area contributed by atoms with E-state index in [4.69, 9.17) is 0 Å². The maximum absolute atomic E-state index is 13.0.